The first-order valence-corrected chi connectivity index (χ1v) is 7.99. The Balaban J connectivity index is 2.16. The molecule has 0 spiro atoms. The molecule has 0 amide bonds. The minimum absolute atomic E-state index is 0.129. The van der Waals surface area contributed by atoms with Crippen LogP contribution in [0.4, 0.5) is 5.69 Å². The van der Waals surface area contributed by atoms with Crippen LogP contribution in [0.3, 0.4) is 0 Å². The summed E-state index contributed by atoms with van der Waals surface area (Å²) in [5.41, 5.74) is 2.79. The molecule has 1 aliphatic heterocycles. The first-order valence-electron chi connectivity index (χ1n) is 7.20. The van der Waals surface area contributed by atoms with Gasteiger partial charge in [0.1, 0.15) is 0 Å². The molecular weight excluding hydrogens is 316 g/mol. The van der Waals surface area contributed by atoms with Gasteiger partial charge in [-0.2, -0.15) is 0 Å². The normalized spacial score (nSPS) is 19.6. The first-order chi connectivity index (χ1) is 9.39. The Morgan fingerprint density at radius 3 is 2.75 bits per heavy atom. The number of nitrogens with zero attached hydrogens (tertiary/aromatic N) is 1. The van der Waals surface area contributed by atoms with Crippen LogP contribution >= 0.6 is 15.9 Å². The number of ether oxygens (including phenoxy) is 1. The zero-order valence-corrected chi connectivity index (χ0v) is 14.5. The van der Waals surface area contributed by atoms with E-state index in [4.69, 9.17) is 4.74 Å². The van der Waals surface area contributed by atoms with Gasteiger partial charge < -0.3 is 15.0 Å². The predicted octanol–water partition coefficient (Wildman–Crippen LogP) is 3.56. The second-order valence-electron chi connectivity index (χ2n) is 6.47. The lowest BCUT2D eigenvalue weighted by Gasteiger charge is -2.25. The number of hydrogen-bond donors (Lipinski definition) is 1. The van der Waals surface area contributed by atoms with Crippen LogP contribution in [0.15, 0.2) is 22.7 Å². The third-order valence-electron chi connectivity index (χ3n) is 3.68. The Morgan fingerprint density at radius 2 is 2.15 bits per heavy atom. The van der Waals surface area contributed by atoms with Gasteiger partial charge in [-0.05, 0) is 44.9 Å². The van der Waals surface area contributed by atoms with E-state index in [9.17, 15) is 0 Å². The van der Waals surface area contributed by atoms with Crippen molar-refractivity contribution >= 4 is 21.6 Å². The van der Waals surface area contributed by atoms with Gasteiger partial charge in [-0.15, -0.1) is 0 Å². The molecule has 1 fully saturated rings. The SMILES string of the molecule is COC1CCN(c2cc(Br)ccc2CNC(C)(C)C)C1. The summed E-state index contributed by atoms with van der Waals surface area (Å²) in [4.78, 5) is 2.43. The molecule has 1 saturated heterocycles. The van der Waals surface area contributed by atoms with Gasteiger partial charge in [0.2, 0.25) is 0 Å². The molecule has 1 aliphatic rings. The first kappa shape index (κ1) is 15.8. The molecule has 1 atom stereocenters. The number of rotatable bonds is 4. The van der Waals surface area contributed by atoms with E-state index in [0.717, 1.165) is 30.5 Å². The molecule has 0 bridgehead atoms. The zero-order chi connectivity index (χ0) is 14.8. The van der Waals surface area contributed by atoms with Gasteiger partial charge >= 0.3 is 0 Å². The van der Waals surface area contributed by atoms with E-state index in [2.05, 4.69) is 65.1 Å². The number of nitrogens with one attached hydrogen (secondary N) is 1. The van der Waals surface area contributed by atoms with Gasteiger partial charge in [0.25, 0.3) is 0 Å². The highest BCUT2D eigenvalue weighted by atomic mass is 79.9. The van der Waals surface area contributed by atoms with E-state index in [1.54, 1.807) is 7.11 Å². The average Bonchev–Trinajstić information content (AvgIpc) is 2.84. The van der Waals surface area contributed by atoms with Gasteiger partial charge in [0, 0.05) is 42.4 Å². The molecule has 4 heteroatoms. The van der Waals surface area contributed by atoms with Crippen LogP contribution < -0.4 is 10.2 Å². The van der Waals surface area contributed by atoms with Crippen molar-refractivity contribution in [1.82, 2.24) is 5.32 Å². The number of halogens is 1. The highest BCUT2D eigenvalue weighted by Crippen LogP contribution is 2.29. The van der Waals surface area contributed by atoms with E-state index in [1.807, 2.05) is 0 Å². The molecule has 1 N–H and O–H groups in total. The summed E-state index contributed by atoms with van der Waals surface area (Å²) in [5.74, 6) is 0. The standard InChI is InChI=1S/C16H25BrN2O/c1-16(2,3)18-10-12-5-6-13(17)9-15(12)19-8-7-14(11-19)20-4/h5-6,9,14,18H,7-8,10-11H2,1-4H3. The lowest BCUT2D eigenvalue weighted by atomic mass is 10.1. The topological polar surface area (TPSA) is 24.5 Å². The van der Waals surface area contributed by atoms with Crippen molar-refractivity contribution in [2.45, 2.75) is 45.4 Å². The van der Waals surface area contributed by atoms with Gasteiger partial charge in [-0.25, -0.2) is 0 Å². The third kappa shape index (κ3) is 4.21. The van der Waals surface area contributed by atoms with Crippen molar-refractivity contribution in [3.8, 4) is 0 Å². The largest absolute Gasteiger partial charge is 0.380 e. The van der Waals surface area contributed by atoms with E-state index in [1.165, 1.54) is 11.3 Å². The van der Waals surface area contributed by atoms with Crippen LogP contribution in [-0.4, -0.2) is 31.8 Å². The van der Waals surface area contributed by atoms with Crippen LogP contribution in [0.1, 0.15) is 32.8 Å². The molecule has 112 valence electrons. The van der Waals surface area contributed by atoms with E-state index < -0.39 is 0 Å². The zero-order valence-electron chi connectivity index (χ0n) is 12.9. The maximum atomic E-state index is 5.48. The average molecular weight is 341 g/mol. The second kappa shape index (κ2) is 6.46. The number of methoxy groups -OCH3 is 1. The quantitative estimate of drug-likeness (QED) is 0.906. The van der Waals surface area contributed by atoms with Crippen molar-refractivity contribution in [2.24, 2.45) is 0 Å². The monoisotopic (exact) mass is 340 g/mol. The summed E-state index contributed by atoms with van der Waals surface area (Å²) in [6.07, 6.45) is 1.47. The molecule has 20 heavy (non-hydrogen) atoms. The summed E-state index contributed by atoms with van der Waals surface area (Å²) >= 11 is 3.59. The third-order valence-corrected chi connectivity index (χ3v) is 4.17. The molecule has 0 radical (unpaired) electrons. The number of anilines is 1. The van der Waals surface area contributed by atoms with Crippen LogP contribution in [0.25, 0.3) is 0 Å². The molecule has 0 aliphatic carbocycles. The summed E-state index contributed by atoms with van der Waals surface area (Å²) in [6, 6.07) is 6.54. The maximum absolute atomic E-state index is 5.48. The molecule has 1 heterocycles. The summed E-state index contributed by atoms with van der Waals surface area (Å²) in [7, 11) is 1.80. The van der Waals surface area contributed by atoms with Crippen LogP contribution in [0, 0.1) is 0 Å². The summed E-state index contributed by atoms with van der Waals surface area (Å²) in [6.45, 7) is 9.53. The van der Waals surface area contributed by atoms with Crippen molar-refractivity contribution in [3.63, 3.8) is 0 Å². The molecular formula is C16H25BrN2O. The van der Waals surface area contributed by atoms with E-state index in [0.29, 0.717) is 6.10 Å². The van der Waals surface area contributed by atoms with Crippen LogP contribution in [0.5, 0.6) is 0 Å². The summed E-state index contributed by atoms with van der Waals surface area (Å²) in [5, 5.41) is 3.57. The van der Waals surface area contributed by atoms with Crippen molar-refractivity contribution in [2.75, 3.05) is 25.1 Å². The van der Waals surface area contributed by atoms with Gasteiger partial charge in [0.05, 0.1) is 6.10 Å². The molecule has 0 aromatic heterocycles. The molecule has 1 aromatic rings. The van der Waals surface area contributed by atoms with Crippen molar-refractivity contribution < 1.29 is 4.74 Å². The van der Waals surface area contributed by atoms with Gasteiger partial charge in [-0.3, -0.25) is 0 Å². The smallest absolute Gasteiger partial charge is 0.0762 e. The van der Waals surface area contributed by atoms with E-state index in [-0.39, 0.29) is 5.54 Å². The fourth-order valence-corrected chi connectivity index (χ4v) is 2.83. The Labute approximate surface area is 130 Å². The highest BCUT2D eigenvalue weighted by Gasteiger charge is 2.24. The minimum Gasteiger partial charge on any atom is -0.380 e. The Kier molecular flexibility index (Phi) is 5.10. The Morgan fingerprint density at radius 1 is 1.40 bits per heavy atom. The Hall–Kier alpha value is -0.580. The van der Waals surface area contributed by atoms with Gasteiger partial charge in [0.15, 0.2) is 0 Å². The van der Waals surface area contributed by atoms with E-state index >= 15 is 0 Å². The molecule has 0 saturated carbocycles. The molecule has 1 unspecified atom stereocenters. The van der Waals surface area contributed by atoms with Crippen molar-refractivity contribution in [3.05, 3.63) is 28.2 Å². The number of hydrogen-bond acceptors (Lipinski definition) is 3. The molecule has 1 aromatic carbocycles. The maximum Gasteiger partial charge on any atom is 0.0762 e. The lowest BCUT2D eigenvalue weighted by molar-refractivity contribution is 0.121. The lowest BCUT2D eigenvalue weighted by Crippen LogP contribution is -2.35. The minimum atomic E-state index is 0.129. The van der Waals surface area contributed by atoms with Gasteiger partial charge in [-0.1, -0.05) is 22.0 Å². The van der Waals surface area contributed by atoms with Crippen LogP contribution in [0.2, 0.25) is 0 Å². The summed E-state index contributed by atoms with van der Waals surface area (Å²) < 4.78 is 6.61. The highest BCUT2D eigenvalue weighted by molar-refractivity contribution is 9.10. The predicted molar refractivity (Wildman–Crippen MR) is 88.4 cm³/mol. The Bertz CT molecular complexity index is 456. The molecule has 3 nitrogen and oxygen atoms in total. The second-order valence-corrected chi connectivity index (χ2v) is 7.38. The van der Waals surface area contributed by atoms with Crippen molar-refractivity contribution in [1.29, 1.82) is 0 Å². The number of benzene rings is 1. The van der Waals surface area contributed by atoms with Crippen LogP contribution in [-0.2, 0) is 11.3 Å². The molecule has 2 rings (SSSR count). The fourth-order valence-electron chi connectivity index (χ4n) is 2.48. The fraction of sp³-hybridized carbons (Fsp3) is 0.625.